The number of amides is 3. The fourth-order valence-electron chi connectivity index (χ4n) is 3.73. The number of para-hydroxylation sites is 1. The second-order valence-corrected chi connectivity index (χ2v) is 9.21. The third kappa shape index (κ3) is 4.51. The highest BCUT2D eigenvalue weighted by Gasteiger charge is 2.42. The summed E-state index contributed by atoms with van der Waals surface area (Å²) in [5.41, 5.74) is 2.13. The highest BCUT2D eigenvalue weighted by atomic mass is 32.2. The Labute approximate surface area is 201 Å². The first-order chi connectivity index (χ1) is 15.9. The molecule has 2 aliphatic rings. The van der Waals surface area contributed by atoms with Crippen LogP contribution in [-0.4, -0.2) is 47.1 Å². The van der Waals surface area contributed by atoms with Gasteiger partial charge in [0.2, 0.25) is 5.91 Å². The van der Waals surface area contributed by atoms with E-state index in [1.165, 1.54) is 4.90 Å². The molecule has 1 fully saturated rings. The number of thioether (sulfide) groups is 1. The molecule has 33 heavy (non-hydrogen) atoms. The second kappa shape index (κ2) is 9.76. The van der Waals surface area contributed by atoms with Crippen LogP contribution in [0.25, 0.3) is 5.57 Å². The maximum absolute atomic E-state index is 13.4. The lowest BCUT2D eigenvalue weighted by atomic mass is 10.1. The molecule has 0 aliphatic carbocycles. The summed E-state index contributed by atoms with van der Waals surface area (Å²) in [4.78, 5) is 42.6. The van der Waals surface area contributed by atoms with E-state index in [0.29, 0.717) is 44.0 Å². The van der Waals surface area contributed by atoms with Gasteiger partial charge in [-0.2, -0.15) is 0 Å². The second-order valence-electron chi connectivity index (χ2n) is 7.57. The zero-order valence-corrected chi connectivity index (χ0v) is 19.9. The number of anilines is 2. The number of fused-ring (bicyclic) bond motifs is 1. The first-order valence-corrected chi connectivity index (χ1v) is 11.8. The predicted octanol–water partition coefficient (Wildman–Crippen LogP) is 4.05. The van der Waals surface area contributed by atoms with E-state index in [1.807, 2.05) is 13.0 Å². The molecule has 1 N–H and O–H groups in total. The summed E-state index contributed by atoms with van der Waals surface area (Å²) in [7, 11) is 1.57. The van der Waals surface area contributed by atoms with Crippen LogP contribution >= 0.6 is 24.0 Å². The molecule has 0 spiro atoms. The third-order valence-corrected chi connectivity index (χ3v) is 6.86. The van der Waals surface area contributed by atoms with Crippen molar-refractivity contribution in [3.05, 3.63) is 59.0 Å². The fraction of sp³-hybridized carbons (Fsp3) is 0.250. The van der Waals surface area contributed by atoms with Crippen LogP contribution in [0.4, 0.5) is 11.4 Å². The van der Waals surface area contributed by atoms with E-state index in [1.54, 1.807) is 54.5 Å². The molecule has 0 saturated carbocycles. The summed E-state index contributed by atoms with van der Waals surface area (Å²) >= 11 is 6.56. The highest BCUT2D eigenvalue weighted by molar-refractivity contribution is 8.26. The van der Waals surface area contributed by atoms with Crippen molar-refractivity contribution >= 4 is 63.0 Å². The minimum atomic E-state index is -0.378. The number of unbranched alkanes of at least 4 members (excludes halogenated alkanes) is 1. The number of nitrogens with zero attached hydrogens (tertiary/aromatic N) is 2. The minimum Gasteiger partial charge on any atom is -0.497 e. The van der Waals surface area contributed by atoms with Gasteiger partial charge in [-0.25, -0.2) is 0 Å². The number of rotatable bonds is 7. The summed E-state index contributed by atoms with van der Waals surface area (Å²) in [6.45, 7) is 2.39. The summed E-state index contributed by atoms with van der Waals surface area (Å²) in [6.07, 6.45) is 1.76. The molecule has 4 rings (SSSR count). The van der Waals surface area contributed by atoms with Crippen molar-refractivity contribution in [3.63, 3.8) is 0 Å². The van der Waals surface area contributed by atoms with Gasteiger partial charge in [-0.1, -0.05) is 55.5 Å². The quantitative estimate of drug-likeness (QED) is 0.475. The van der Waals surface area contributed by atoms with Crippen LogP contribution in [0.2, 0.25) is 0 Å². The Bertz CT molecular complexity index is 1160. The zero-order chi connectivity index (χ0) is 23.5. The van der Waals surface area contributed by atoms with Gasteiger partial charge in [-0.3, -0.25) is 24.2 Å². The molecule has 9 heteroatoms. The Morgan fingerprint density at radius 3 is 2.48 bits per heavy atom. The lowest BCUT2D eigenvalue weighted by Crippen LogP contribution is -2.35. The molecular weight excluding hydrogens is 458 g/mol. The Morgan fingerprint density at radius 2 is 1.79 bits per heavy atom. The molecule has 7 nitrogen and oxygen atoms in total. The van der Waals surface area contributed by atoms with Gasteiger partial charge < -0.3 is 10.1 Å². The lowest BCUT2D eigenvalue weighted by Gasteiger charge is -2.17. The topological polar surface area (TPSA) is 79.0 Å². The van der Waals surface area contributed by atoms with Crippen LogP contribution in [0.1, 0.15) is 25.3 Å². The van der Waals surface area contributed by atoms with Gasteiger partial charge in [-0.05, 0) is 36.8 Å². The van der Waals surface area contributed by atoms with Gasteiger partial charge in [0.25, 0.3) is 11.8 Å². The molecule has 0 aromatic heterocycles. The van der Waals surface area contributed by atoms with Crippen molar-refractivity contribution in [1.82, 2.24) is 4.90 Å². The van der Waals surface area contributed by atoms with Crippen molar-refractivity contribution < 1.29 is 19.1 Å². The molecule has 0 radical (unpaired) electrons. The molecule has 0 bridgehead atoms. The van der Waals surface area contributed by atoms with Crippen molar-refractivity contribution in [3.8, 4) is 5.75 Å². The minimum absolute atomic E-state index is 0.179. The first-order valence-electron chi connectivity index (χ1n) is 10.6. The molecule has 170 valence electrons. The van der Waals surface area contributed by atoms with Crippen LogP contribution in [0.15, 0.2) is 53.4 Å². The van der Waals surface area contributed by atoms with Crippen LogP contribution < -0.4 is 15.0 Å². The number of methoxy groups -OCH3 is 1. The number of carbonyl (C=O) groups excluding carboxylic acids is 3. The molecule has 1 saturated heterocycles. The van der Waals surface area contributed by atoms with E-state index in [9.17, 15) is 14.4 Å². The molecule has 0 atom stereocenters. The Balaban J connectivity index is 1.59. The molecule has 2 aromatic rings. The maximum Gasteiger partial charge on any atom is 0.267 e. The molecule has 3 amide bonds. The van der Waals surface area contributed by atoms with E-state index in [4.69, 9.17) is 17.0 Å². The largest absolute Gasteiger partial charge is 0.497 e. The number of hydrogen-bond acceptors (Lipinski definition) is 6. The van der Waals surface area contributed by atoms with Crippen LogP contribution in [0.3, 0.4) is 0 Å². The number of thiocarbonyl (C=S) groups is 1. The standard InChI is InChI=1S/C24H23N3O4S2/c1-3-4-13-26-23(30)21(33-24(26)32)20-17-7-5-6-8-18(17)27(22(20)29)14-19(28)25-15-9-11-16(31-2)12-10-15/h5-12H,3-4,13-14H2,1-2H3,(H,25,28)/b21-20-. The van der Waals surface area contributed by atoms with Crippen LogP contribution in [0, 0.1) is 0 Å². The summed E-state index contributed by atoms with van der Waals surface area (Å²) in [6, 6.07) is 14.1. The van der Waals surface area contributed by atoms with E-state index in [2.05, 4.69) is 5.32 Å². The maximum atomic E-state index is 13.4. The highest BCUT2D eigenvalue weighted by Crippen LogP contribution is 2.44. The Hall–Kier alpha value is -3.17. The van der Waals surface area contributed by atoms with Gasteiger partial charge in [0.1, 0.15) is 16.6 Å². The number of hydrogen-bond donors (Lipinski definition) is 1. The smallest absolute Gasteiger partial charge is 0.267 e. The van der Waals surface area contributed by atoms with E-state index < -0.39 is 0 Å². The van der Waals surface area contributed by atoms with E-state index in [0.717, 1.165) is 24.6 Å². The number of nitrogens with one attached hydrogen (secondary N) is 1. The number of benzene rings is 2. The van der Waals surface area contributed by atoms with Gasteiger partial charge in [-0.15, -0.1) is 0 Å². The normalized spacial score (nSPS) is 17.6. The van der Waals surface area contributed by atoms with Crippen molar-refractivity contribution in [2.24, 2.45) is 0 Å². The van der Waals surface area contributed by atoms with Crippen molar-refractivity contribution in [1.29, 1.82) is 0 Å². The first kappa shape index (κ1) is 23.0. The average molecular weight is 482 g/mol. The van der Waals surface area contributed by atoms with Gasteiger partial charge in [0.05, 0.1) is 23.3 Å². The Morgan fingerprint density at radius 1 is 1.06 bits per heavy atom. The van der Waals surface area contributed by atoms with E-state index >= 15 is 0 Å². The summed E-state index contributed by atoms with van der Waals surface area (Å²) in [5.74, 6) is -0.296. The van der Waals surface area contributed by atoms with Crippen molar-refractivity contribution in [2.45, 2.75) is 19.8 Å². The molecular formula is C24H23N3O4S2. The molecule has 0 unspecified atom stereocenters. The van der Waals surface area contributed by atoms with Crippen LogP contribution in [0.5, 0.6) is 5.75 Å². The SMILES string of the molecule is CCCCN1C(=O)/C(=C2/C(=O)N(CC(=O)Nc3ccc(OC)cc3)c3ccccc32)SC1=S. The van der Waals surface area contributed by atoms with Crippen LogP contribution in [-0.2, 0) is 14.4 Å². The van der Waals surface area contributed by atoms with Gasteiger partial charge in [0, 0.05) is 17.8 Å². The summed E-state index contributed by atoms with van der Waals surface area (Å²) < 4.78 is 5.58. The lowest BCUT2D eigenvalue weighted by molar-refractivity contribution is -0.122. The zero-order valence-electron chi connectivity index (χ0n) is 18.3. The van der Waals surface area contributed by atoms with E-state index in [-0.39, 0.29) is 24.3 Å². The third-order valence-electron chi connectivity index (χ3n) is 5.41. The van der Waals surface area contributed by atoms with Crippen molar-refractivity contribution in [2.75, 3.05) is 30.4 Å². The molecule has 2 aliphatic heterocycles. The average Bonchev–Trinajstić information content (AvgIpc) is 3.25. The van der Waals surface area contributed by atoms with Gasteiger partial charge >= 0.3 is 0 Å². The number of carbonyl (C=O) groups is 3. The van der Waals surface area contributed by atoms with Gasteiger partial charge in [0.15, 0.2) is 0 Å². The predicted molar refractivity (Wildman–Crippen MR) is 134 cm³/mol. The molecule has 2 heterocycles. The summed E-state index contributed by atoms with van der Waals surface area (Å²) in [5, 5.41) is 2.80. The Kier molecular flexibility index (Phi) is 6.80. The fourth-order valence-corrected chi connectivity index (χ4v) is 5.11. The number of ether oxygens (including phenoxy) is 1. The molecule has 2 aromatic carbocycles. The monoisotopic (exact) mass is 481 g/mol.